The molecule has 1 fully saturated rings. The van der Waals surface area contributed by atoms with Gasteiger partial charge in [0, 0.05) is 48.5 Å². The molecule has 4 N–H and O–H groups in total. The minimum absolute atomic E-state index is 0.0208. The van der Waals surface area contributed by atoms with Crippen LogP contribution < -0.4 is 10.6 Å². The summed E-state index contributed by atoms with van der Waals surface area (Å²) in [6, 6.07) is 4.09. The average Bonchev–Trinajstić information content (AvgIpc) is 3.60. The smallest absolute Gasteiger partial charge is 0.273 e. The molecule has 4 aromatic heterocycles. The Labute approximate surface area is 203 Å². The fourth-order valence-electron chi connectivity index (χ4n) is 4.92. The number of benzene rings is 1. The number of anilines is 1. The standard InChI is InChI=1S/C24H23F2N9O/c1-35-6-5-15-21(29-13-3-2-4-14(9-13)30-24(36)19-11-28-34-33-19)31-22(32-23(15)35)17-10-27-20-16(17)7-12(25)8-18(20)26/h5-8,10-11,13-14,27H,2-4,9H2,1H3,(H,30,36)(H,28,33,34)(H,29,31,32). The summed E-state index contributed by atoms with van der Waals surface area (Å²) >= 11 is 0. The van der Waals surface area contributed by atoms with Crippen LogP contribution in [0.2, 0.25) is 0 Å². The van der Waals surface area contributed by atoms with Gasteiger partial charge in [-0.25, -0.2) is 18.7 Å². The van der Waals surface area contributed by atoms with Crippen molar-refractivity contribution in [3.05, 3.63) is 54.1 Å². The van der Waals surface area contributed by atoms with E-state index in [1.165, 1.54) is 12.3 Å². The lowest BCUT2D eigenvalue weighted by molar-refractivity contribution is 0.0921. The predicted octanol–water partition coefficient (Wildman–Crippen LogP) is 3.67. The van der Waals surface area contributed by atoms with Crippen molar-refractivity contribution >= 4 is 33.7 Å². The number of amides is 1. The summed E-state index contributed by atoms with van der Waals surface area (Å²) in [5.74, 6) is -0.608. The van der Waals surface area contributed by atoms with Crippen LogP contribution in [0.1, 0.15) is 36.2 Å². The molecule has 1 aliphatic rings. The van der Waals surface area contributed by atoms with Gasteiger partial charge in [0.2, 0.25) is 0 Å². The quantitative estimate of drug-likeness (QED) is 0.297. The van der Waals surface area contributed by atoms with Crippen LogP contribution in [0.25, 0.3) is 33.3 Å². The maximum absolute atomic E-state index is 14.3. The Kier molecular flexibility index (Phi) is 5.35. The molecule has 0 aliphatic heterocycles. The molecule has 6 rings (SSSR count). The summed E-state index contributed by atoms with van der Waals surface area (Å²) in [6.45, 7) is 0. The first kappa shape index (κ1) is 22.1. The molecule has 0 saturated heterocycles. The van der Waals surface area contributed by atoms with Crippen LogP contribution in [0, 0.1) is 11.6 Å². The van der Waals surface area contributed by atoms with Gasteiger partial charge >= 0.3 is 0 Å². The van der Waals surface area contributed by atoms with Crippen LogP contribution in [-0.4, -0.2) is 52.9 Å². The Hall–Kier alpha value is -4.35. The van der Waals surface area contributed by atoms with Crippen molar-refractivity contribution in [1.29, 1.82) is 0 Å². The molecule has 12 heteroatoms. The lowest BCUT2D eigenvalue weighted by Crippen LogP contribution is -2.42. The number of rotatable bonds is 5. The molecule has 10 nitrogen and oxygen atoms in total. The van der Waals surface area contributed by atoms with Crippen molar-refractivity contribution in [2.24, 2.45) is 7.05 Å². The number of halogens is 2. The number of carbonyl (C=O) groups excluding carboxylic acids is 1. The lowest BCUT2D eigenvalue weighted by atomic mass is 9.90. The molecule has 1 saturated carbocycles. The SMILES string of the molecule is Cn1ccc2c(NC3CCCC(NC(=O)c4cn[nH]n4)C3)nc(-c3c[nH]c4c(F)cc(F)cc34)nc21. The van der Waals surface area contributed by atoms with Crippen LogP contribution in [0.15, 0.2) is 36.8 Å². The number of aromatic nitrogens is 7. The average molecular weight is 492 g/mol. The van der Waals surface area contributed by atoms with E-state index < -0.39 is 11.6 Å². The Morgan fingerprint density at radius 3 is 2.86 bits per heavy atom. The molecule has 1 aromatic carbocycles. The second-order valence-electron chi connectivity index (χ2n) is 9.11. The van der Waals surface area contributed by atoms with Gasteiger partial charge in [-0.15, -0.1) is 0 Å². The van der Waals surface area contributed by atoms with Crippen LogP contribution in [0.5, 0.6) is 0 Å². The second kappa shape index (κ2) is 8.70. The monoisotopic (exact) mass is 491 g/mol. The second-order valence-corrected chi connectivity index (χ2v) is 9.11. The highest BCUT2D eigenvalue weighted by molar-refractivity contribution is 5.96. The van der Waals surface area contributed by atoms with Crippen molar-refractivity contribution in [2.75, 3.05) is 5.32 Å². The fraction of sp³-hybridized carbons (Fsp3) is 0.292. The van der Waals surface area contributed by atoms with E-state index >= 15 is 0 Å². The number of carbonyl (C=O) groups is 1. The zero-order valence-electron chi connectivity index (χ0n) is 19.3. The van der Waals surface area contributed by atoms with Gasteiger partial charge in [0.1, 0.15) is 23.1 Å². The van der Waals surface area contributed by atoms with Gasteiger partial charge in [0.15, 0.2) is 11.5 Å². The summed E-state index contributed by atoms with van der Waals surface area (Å²) in [6.07, 6.45) is 8.29. The van der Waals surface area contributed by atoms with Gasteiger partial charge in [-0.05, 0) is 37.8 Å². The van der Waals surface area contributed by atoms with Gasteiger partial charge in [0.05, 0.1) is 17.1 Å². The number of hydrogen-bond donors (Lipinski definition) is 4. The molecule has 5 aromatic rings. The molecule has 1 amide bonds. The lowest BCUT2D eigenvalue weighted by Gasteiger charge is -2.30. The van der Waals surface area contributed by atoms with Crippen molar-refractivity contribution in [2.45, 2.75) is 37.8 Å². The van der Waals surface area contributed by atoms with E-state index in [0.29, 0.717) is 34.7 Å². The summed E-state index contributed by atoms with van der Waals surface area (Å²) < 4.78 is 30.2. The van der Waals surface area contributed by atoms with Crippen LogP contribution in [0.3, 0.4) is 0 Å². The van der Waals surface area contributed by atoms with Gasteiger partial charge in [-0.1, -0.05) is 0 Å². The Balaban J connectivity index is 1.31. The van der Waals surface area contributed by atoms with Crippen molar-refractivity contribution in [1.82, 2.24) is 40.2 Å². The number of fused-ring (bicyclic) bond motifs is 2. The Morgan fingerprint density at radius 1 is 1.17 bits per heavy atom. The maximum Gasteiger partial charge on any atom is 0.273 e. The third-order valence-electron chi connectivity index (χ3n) is 6.67. The van der Waals surface area contributed by atoms with Gasteiger partial charge in [0.25, 0.3) is 5.91 Å². The molecule has 2 atom stereocenters. The summed E-state index contributed by atoms with van der Waals surface area (Å²) in [5, 5.41) is 17.8. The van der Waals surface area contributed by atoms with E-state index in [9.17, 15) is 13.6 Å². The molecule has 0 radical (unpaired) electrons. The van der Waals surface area contributed by atoms with Crippen LogP contribution in [0.4, 0.5) is 14.6 Å². The zero-order chi connectivity index (χ0) is 24.8. The topological polar surface area (TPSA) is 129 Å². The highest BCUT2D eigenvalue weighted by Gasteiger charge is 2.26. The third-order valence-corrected chi connectivity index (χ3v) is 6.67. The van der Waals surface area contributed by atoms with E-state index in [1.54, 1.807) is 6.20 Å². The number of aryl methyl sites for hydroxylation is 1. The first-order valence-corrected chi connectivity index (χ1v) is 11.7. The van der Waals surface area contributed by atoms with E-state index in [2.05, 4.69) is 31.0 Å². The van der Waals surface area contributed by atoms with Crippen LogP contribution >= 0.6 is 0 Å². The number of H-pyrrole nitrogens is 2. The van der Waals surface area contributed by atoms with Crippen LogP contribution in [-0.2, 0) is 7.05 Å². The predicted molar refractivity (Wildman–Crippen MR) is 129 cm³/mol. The molecule has 0 bridgehead atoms. The summed E-state index contributed by atoms with van der Waals surface area (Å²) in [7, 11) is 1.88. The van der Waals surface area contributed by atoms with E-state index in [0.717, 1.165) is 30.7 Å². The van der Waals surface area contributed by atoms with E-state index in [4.69, 9.17) is 9.97 Å². The first-order chi connectivity index (χ1) is 17.5. The maximum atomic E-state index is 14.3. The van der Waals surface area contributed by atoms with Gasteiger partial charge in [-0.3, -0.25) is 4.79 Å². The molecular formula is C24H23F2N9O. The number of hydrogen-bond acceptors (Lipinski definition) is 6. The zero-order valence-corrected chi connectivity index (χ0v) is 19.3. The van der Waals surface area contributed by atoms with Crippen molar-refractivity contribution in [3.63, 3.8) is 0 Å². The normalized spacial score (nSPS) is 18.1. The minimum Gasteiger partial charge on any atom is -0.367 e. The van der Waals surface area contributed by atoms with E-state index in [1.807, 2.05) is 23.9 Å². The third kappa shape index (κ3) is 3.93. The largest absolute Gasteiger partial charge is 0.367 e. The van der Waals surface area contributed by atoms with Gasteiger partial charge < -0.3 is 20.2 Å². The Bertz CT molecular complexity index is 1570. The number of aromatic amines is 2. The minimum atomic E-state index is -0.671. The molecule has 4 heterocycles. The van der Waals surface area contributed by atoms with Crippen molar-refractivity contribution in [3.8, 4) is 11.4 Å². The highest BCUT2D eigenvalue weighted by Crippen LogP contribution is 2.33. The number of nitrogens with one attached hydrogen (secondary N) is 4. The molecule has 36 heavy (non-hydrogen) atoms. The fourth-order valence-corrected chi connectivity index (χ4v) is 4.92. The number of nitrogens with zero attached hydrogens (tertiary/aromatic N) is 5. The molecule has 184 valence electrons. The van der Waals surface area contributed by atoms with Crippen molar-refractivity contribution < 1.29 is 13.6 Å². The molecular weight excluding hydrogens is 468 g/mol. The molecule has 1 aliphatic carbocycles. The first-order valence-electron chi connectivity index (χ1n) is 11.7. The Morgan fingerprint density at radius 2 is 2.03 bits per heavy atom. The molecule has 2 unspecified atom stereocenters. The molecule has 0 spiro atoms. The summed E-state index contributed by atoms with van der Waals surface area (Å²) in [5.41, 5.74) is 1.66. The van der Waals surface area contributed by atoms with E-state index in [-0.39, 0.29) is 29.2 Å². The highest BCUT2D eigenvalue weighted by atomic mass is 19.1. The van der Waals surface area contributed by atoms with Gasteiger partial charge in [-0.2, -0.15) is 15.4 Å². The summed E-state index contributed by atoms with van der Waals surface area (Å²) in [4.78, 5) is 24.8.